The van der Waals surface area contributed by atoms with Crippen LogP contribution in [0.4, 0.5) is 11.4 Å². The molecule has 0 aliphatic carbocycles. The molecule has 19 heavy (non-hydrogen) atoms. The van der Waals surface area contributed by atoms with Crippen LogP contribution in [0.3, 0.4) is 0 Å². The molecule has 5 heteroatoms. The second-order valence-corrected chi connectivity index (χ2v) is 5.44. The summed E-state index contributed by atoms with van der Waals surface area (Å²) in [5, 5.41) is 5.91. The summed E-state index contributed by atoms with van der Waals surface area (Å²) in [6, 6.07) is 5.24. The highest BCUT2D eigenvalue weighted by molar-refractivity contribution is 5.96. The average molecular weight is 264 g/mol. The molecule has 1 amide bonds. The molecule has 0 saturated carbocycles. The quantitative estimate of drug-likeness (QED) is 0.703. The summed E-state index contributed by atoms with van der Waals surface area (Å²) in [6.45, 7) is 5.01. The fourth-order valence-corrected chi connectivity index (χ4v) is 1.46. The highest BCUT2D eigenvalue weighted by atomic mass is 16.1. The Morgan fingerprint density at radius 2 is 2.00 bits per heavy atom. The lowest BCUT2D eigenvalue weighted by molar-refractivity contribution is 0.0963. The normalized spacial score (nSPS) is 11.5. The van der Waals surface area contributed by atoms with Crippen molar-refractivity contribution in [2.24, 2.45) is 0 Å². The summed E-state index contributed by atoms with van der Waals surface area (Å²) in [5.74, 6) is -0.116. The van der Waals surface area contributed by atoms with Gasteiger partial charge < -0.3 is 21.3 Å². The van der Waals surface area contributed by atoms with E-state index < -0.39 is 0 Å². The number of hydrogen-bond donors (Lipinski definition) is 3. The van der Waals surface area contributed by atoms with E-state index in [4.69, 9.17) is 5.73 Å². The largest absolute Gasteiger partial charge is 0.397 e. The maximum atomic E-state index is 11.6. The SMILES string of the molecule is CNC(=O)c1ccc(N)c(NCC(C)(C)N(C)C)c1. The minimum absolute atomic E-state index is 0.00450. The first-order valence-corrected chi connectivity index (χ1v) is 6.31. The molecule has 1 aromatic rings. The van der Waals surface area contributed by atoms with Gasteiger partial charge in [0.1, 0.15) is 0 Å². The fraction of sp³-hybridized carbons (Fsp3) is 0.500. The number of likely N-dealkylation sites (N-methyl/N-ethyl adjacent to an activating group) is 1. The summed E-state index contributed by atoms with van der Waals surface area (Å²) in [7, 11) is 5.68. The van der Waals surface area contributed by atoms with E-state index in [-0.39, 0.29) is 11.4 Å². The first-order valence-electron chi connectivity index (χ1n) is 6.31. The van der Waals surface area contributed by atoms with Gasteiger partial charge in [-0.2, -0.15) is 0 Å². The van der Waals surface area contributed by atoms with Crippen molar-refractivity contribution in [3.05, 3.63) is 23.8 Å². The van der Waals surface area contributed by atoms with Crippen LogP contribution in [0.5, 0.6) is 0 Å². The maximum absolute atomic E-state index is 11.6. The van der Waals surface area contributed by atoms with E-state index in [1.54, 1.807) is 25.2 Å². The Labute approximate surface area is 115 Å². The van der Waals surface area contributed by atoms with Gasteiger partial charge in [-0.1, -0.05) is 0 Å². The molecule has 0 atom stereocenters. The number of nitrogens with zero attached hydrogens (tertiary/aromatic N) is 1. The van der Waals surface area contributed by atoms with Crippen molar-refractivity contribution in [3.8, 4) is 0 Å². The standard InChI is InChI=1S/C14H24N4O/c1-14(2,18(4)5)9-17-12-8-10(13(19)16-3)6-7-11(12)15/h6-8,17H,9,15H2,1-5H3,(H,16,19). The van der Waals surface area contributed by atoms with Crippen molar-refractivity contribution >= 4 is 17.3 Å². The van der Waals surface area contributed by atoms with Crippen LogP contribution in [0.2, 0.25) is 0 Å². The molecule has 0 radical (unpaired) electrons. The molecule has 0 fully saturated rings. The van der Waals surface area contributed by atoms with Gasteiger partial charge in [0, 0.05) is 24.7 Å². The second kappa shape index (κ2) is 5.93. The van der Waals surface area contributed by atoms with Crippen molar-refractivity contribution in [2.75, 3.05) is 38.7 Å². The van der Waals surface area contributed by atoms with Crippen molar-refractivity contribution in [1.82, 2.24) is 10.2 Å². The Hall–Kier alpha value is -1.75. The lowest BCUT2D eigenvalue weighted by Crippen LogP contribution is -2.44. The number of nitrogens with two attached hydrogens (primary N) is 1. The van der Waals surface area contributed by atoms with Gasteiger partial charge in [-0.15, -0.1) is 0 Å². The van der Waals surface area contributed by atoms with E-state index in [1.165, 1.54) is 0 Å². The van der Waals surface area contributed by atoms with Gasteiger partial charge in [-0.25, -0.2) is 0 Å². The monoisotopic (exact) mass is 264 g/mol. The maximum Gasteiger partial charge on any atom is 0.251 e. The zero-order valence-electron chi connectivity index (χ0n) is 12.4. The van der Waals surface area contributed by atoms with Crippen LogP contribution in [0.25, 0.3) is 0 Å². The Kier molecular flexibility index (Phi) is 4.78. The van der Waals surface area contributed by atoms with E-state index in [1.807, 2.05) is 14.1 Å². The van der Waals surface area contributed by atoms with Crippen molar-refractivity contribution in [1.29, 1.82) is 0 Å². The topological polar surface area (TPSA) is 70.4 Å². The van der Waals surface area contributed by atoms with Crippen molar-refractivity contribution in [3.63, 3.8) is 0 Å². The van der Waals surface area contributed by atoms with Crippen LogP contribution in [0, 0.1) is 0 Å². The Balaban J connectivity index is 2.86. The molecule has 1 rings (SSSR count). The number of nitrogens with one attached hydrogen (secondary N) is 2. The molecule has 1 aromatic carbocycles. The van der Waals surface area contributed by atoms with E-state index in [2.05, 4.69) is 29.4 Å². The molecular weight excluding hydrogens is 240 g/mol. The van der Waals surface area contributed by atoms with Gasteiger partial charge in [0.2, 0.25) is 0 Å². The van der Waals surface area contributed by atoms with Gasteiger partial charge >= 0.3 is 0 Å². The fourth-order valence-electron chi connectivity index (χ4n) is 1.46. The summed E-state index contributed by atoms with van der Waals surface area (Å²) >= 11 is 0. The molecule has 0 aliphatic rings. The molecule has 0 aromatic heterocycles. The van der Waals surface area contributed by atoms with E-state index >= 15 is 0 Å². The highest BCUT2D eigenvalue weighted by Gasteiger charge is 2.20. The number of carbonyl (C=O) groups is 1. The van der Waals surface area contributed by atoms with Gasteiger partial charge in [-0.05, 0) is 46.1 Å². The molecule has 0 bridgehead atoms. The van der Waals surface area contributed by atoms with E-state index in [0.29, 0.717) is 11.3 Å². The number of rotatable bonds is 5. The number of benzene rings is 1. The first kappa shape index (κ1) is 15.3. The van der Waals surface area contributed by atoms with Gasteiger partial charge in [0.15, 0.2) is 0 Å². The Bertz CT molecular complexity index is 455. The van der Waals surface area contributed by atoms with E-state index in [9.17, 15) is 4.79 Å². The minimum Gasteiger partial charge on any atom is -0.397 e. The summed E-state index contributed by atoms with van der Waals surface area (Å²) in [5.41, 5.74) is 7.95. The third-order valence-corrected chi connectivity index (χ3v) is 3.46. The lowest BCUT2D eigenvalue weighted by Gasteiger charge is -2.33. The number of anilines is 2. The molecule has 0 spiro atoms. The molecule has 0 aliphatic heterocycles. The van der Waals surface area contributed by atoms with Crippen molar-refractivity contribution < 1.29 is 4.79 Å². The summed E-state index contributed by atoms with van der Waals surface area (Å²) in [6.07, 6.45) is 0. The molecule has 0 unspecified atom stereocenters. The Morgan fingerprint density at radius 1 is 1.37 bits per heavy atom. The molecule has 0 heterocycles. The van der Waals surface area contributed by atoms with Crippen molar-refractivity contribution in [2.45, 2.75) is 19.4 Å². The number of amides is 1. The van der Waals surface area contributed by atoms with Crippen LogP contribution in [0.1, 0.15) is 24.2 Å². The first-order chi connectivity index (χ1) is 8.77. The van der Waals surface area contributed by atoms with Gasteiger partial charge in [-0.3, -0.25) is 4.79 Å². The molecule has 4 N–H and O–H groups in total. The molecule has 5 nitrogen and oxygen atoms in total. The lowest BCUT2D eigenvalue weighted by atomic mass is 10.0. The van der Waals surface area contributed by atoms with Crippen LogP contribution in [0.15, 0.2) is 18.2 Å². The zero-order chi connectivity index (χ0) is 14.6. The van der Waals surface area contributed by atoms with E-state index in [0.717, 1.165) is 12.2 Å². The van der Waals surface area contributed by atoms with Gasteiger partial charge in [0.25, 0.3) is 5.91 Å². The zero-order valence-corrected chi connectivity index (χ0v) is 12.4. The number of hydrogen-bond acceptors (Lipinski definition) is 4. The summed E-state index contributed by atoms with van der Waals surface area (Å²) < 4.78 is 0. The molecular formula is C14H24N4O. The predicted octanol–water partition coefficient (Wildman–Crippen LogP) is 1.38. The van der Waals surface area contributed by atoms with Crippen LogP contribution >= 0.6 is 0 Å². The number of carbonyl (C=O) groups excluding carboxylic acids is 1. The number of nitrogen functional groups attached to an aromatic ring is 1. The summed E-state index contributed by atoms with van der Waals surface area (Å²) in [4.78, 5) is 13.7. The second-order valence-electron chi connectivity index (χ2n) is 5.44. The predicted molar refractivity (Wildman–Crippen MR) is 80.5 cm³/mol. The Morgan fingerprint density at radius 3 is 2.53 bits per heavy atom. The third-order valence-electron chi connectivity index (χ3n) is 3.46. The van der Waals surface area contributed by atoms with Crippen LogP contribution in [-0.4, -0.2) is 44.0 Å². The van der Waals surface area contributed by atoms with Crippen LogP contribution in [-0.2, 0) is 0 Å². The molecule has 106 valence electrons. The average Bonchev–Trinajstić information content (AvgIpc) is 2.36. The van der Waals surface area contributed by atoms with Gasteiger partial charge in [0.05, 0.1) is 11.4 Å². The highest BCUT2D eigenvalue weighted by Crippen LogP contribution is 2.21. The van der Waals surface area contributed by atoms with Crippen LogP contribution < -0.4 is 16.4 Å². The minimum atomic E-state index is -0.116. The third kappa shape index (κ3) is 3.86. The smallest absolute Gasteiger partial charge is 0.251 e. The molecule has 0 saturated heterocycles.